The van der Waals surface area contributed by atoms with Gasteiger partial charge in [-0.15, -0.1) is 0 Å². The monoisotopic (exact) mass is 262 g/mol. The van der Waals surface area contributed by atoms with Gasteiger partial charge in [0, 0.05) is 36.3 Å². The molecule has 1 aromatic rings. The highest BCUT2D eigenvalue weighted by Gasteiger charge is 2.38. The standard InChI is InChI=1S/C16H23FN2/c1-11-9-13(10-19(11)14-7-8-14)18-12(2)15-5-3-4-6-16(15)17/h3-6,11-14,18H,7-10H2,1-2H3. The minimum Gasteiger partial charge on any atom is -0.306 e. The molecule has 3 rings (SSSR count). The average molecular weight is 262 g/mol. The molecule has 3 heteroatoms. The molecule has 1 N–H and O–H groups in total. The van der Waals surface area contributed by atoms with Gasteiger partial charge in [0.25, 0.3) is 0 Å². The second-order valence-electron chi connectivity index (χ2n) is 6.12. The van der Waals surface area contributed by atoms with E-state index in [1.807, 2.05) is 12.1 Å². The van der Waals surface area contributed by atoms with Crippen LogP contribution < -0.4 is 5.32 Å². The lowest BCUT2D eigenvalue weighted by Gasteiger charge is -2.21. The molecule has 3 atom stereocenters. The molecule has 1 aliphatic heterocycles. The molecule has 2 nitrogen and oxygen atoms in total. The van der Waals surface area contributed by atoms with E-state index in [-0.39, 0.29) is 11.9 Å². The molecule has 0 spiro atoms. The van der Waals surface area contributed by atoms with E-state index >= 15 is 0 Å². The third-order valence-corrected chi connectivity index (χ3v) is 4.50. The zero-order valence-electron chi connectivity index (χ0n) is 11.8. The van der Waals surface area contributed by atoms with Crippen molar-refractivity contribution in [1.82, 2.24) is 10.2 Å². The smallest absolute Gasteiger partial charge is 0.127 e. The van der Waals surface area contributed by atoms with E-state index in [9.17, 15) is 4.39 Å². The van der Waals surface area contributed by atoms with E-state index in [4.69, 9.17) is 0 Å². The quantitative estimate of drug-likeness (QED) is 0.897. The number of nitrogens with one attached hydrogen (secondary N) is 1. The highest BCUT2D eigenvalue weighted by Crippen LogP contribution is 2.33. The van der Waals surface area contributed by atoms with Gasteiger partial charge in [0.1, 0.15) is 5.82 Å². The molecule has 19 heavy (non-hydrogen) atoms. The normalized spacial score (nSPS) is 29.6. The van der Waals surface area contributed by atoms with Gasteiger partial charge in [0.2, 0.25) is 0 Å². The molecule has 2 aliphatic rings. The fourth-order valence-corrected chi connectivity index (χ4v) is 3.36. The Hall–Kier alpha value is -0.930. The summed E-state index contributed by atoms with van der Waals surface area (Å²) in [6, 6.07) is 9.14. The van der Waals surface area contributed by atoms with Gasteiger partial charge in [-0.25, -0.2) is 4.39 Å². The molecule has 0 radical (unpaired) electrons. The molecular formula is C16H23FN2. The molecule has 1 heterocycles. The predicted octanol–water partition coefficient (Wildman–Crippen LogP) is 3.10. The van der Waals surface area contributed by atoms with Crippen molar-refractivity contribution >= 4 is 0 Å². The minimum absolute atomic E-state index is 0.0811. The molecule has 3 unspecified atom stereocenters. The summed E-state index contributed by atoms with van der Waals surface area (Å²) in [7, 11) is 0. The maximum atomic E-state index is 13.8. The Kier molecular flexibility index (Phi) is 3.59. The Morgan fingerprint density at radius 3 is 2.74 bits per heavy atom. The summed E-state index contributed by atoms with van der Waals surface area (Å²) in [4.78, 5) is 2.62. The van der Waals surface area contributed by atoms with Gasteiger partial charge in [-0.1, -0.05) is 18.2 Å². The molecule has 0 bridgehead atoms. The second-order valence-corrected chi connectivity index (χ2v) is 6.12. The summed E-state index contributed by atoms with van der Waals surface area (Å²) < 4.78 is 13.8. The zero-order chi connectivity index (χ0) is 13.4. The third-order valence-electron chi connectivity index (χ3n) is 4.50. The molecule has 1 saturated carbocycles. The first-order valence-corrected chi connectivity index (χ1v) is 7.41. The van der Waals surface area contributed by atoms with E-state index in [1.54, 1.807) is 12.1 Å². The Balaban J connectivity index is 1.61. The number of hydrogen-bond donors (Lipinski definition) is 1. The van der Waals surface area contributed by atoms with Crippen LogP contribution in [0.2, 0.25) is 0 Å². The number of likely N-dealkylation sites (tertiary alicyclic amines) is 1. The molecular weight excluding hydrogens is 239 g/mol. The first kappa shape index (κ1) is 13.1. The molecule has 1 aromatic carbocycles. The summed E-state index contributed by atoms with van der Waals surface area (Å²) in [6.07, 6.45) is 3.90. The van der Waals surface area contributed by atoms with Gasteiger partial charge in [-0.05, 0) is 39.2 Å². The first-order valence-electron chi connectivity index (χ1n) is 7.41. The van der Waals surface area contributed by atoms with Crippen LogP contribution in [0.5, 0.6) is 0 Å². The zero-order valence-corrected chi connectivity index (χ0v) is 11.8. The van der Waals surface area contributed by atoms with Crippen molar-refractivity contribution in [3.8, 4) is 0 Å². The van der Waals surface area contributed by atoms with Crippen LogP contribution in [0.4, 0.5) is 4.39 Å². The topological polar surface area (TPSA) is 15.3 Å². The fraction of sp³-hybridized carbons (Fsp3) is 0.625. The fourth-order valence-electron chi connectivity index (χ4n) is 3.36. The number of halogens is 1. The first-order chi connectivity index (χ1) is 9.15. The van der Waals surface area contributed by atoms with Crippen LogP contribution in [0.15, 0.2) is 24.3 Å². The van der Waals surface area contributed by atoms with Gasteiger partial charge >= 0.3 is 0 Å². The highest BCUT2D eigenvalue weighted by molar-refractivity contribution is 5.20. The van der Waals surface area contributed by atoms with Crippen molar-refractivity contribution in [1.29, 1.82) is 0 Å². The Morgan fingerprint density at radius 1 is 1.32 bits per heavy atom. The maximum Gasteiger partial charge on any atom is 0.127 e. The number of benzene rings is 1. The summed E-state index contributed by atoms with van der Waals surface area (Å²) in [5.41, 5.74) is 0.778. The van der Waals surface area contributed by atoms with Crippen LogP contribution in [-0.2, 0) is 0 Å². The van der Waals surface area contributed by atoms with Crippen molar-refractivity contribution in [3.05, 3.63) is 35.6 Å². The Morgan fingerprint density at radius 2 is 2.05 bits per heavy atom. The highest BCUT2D eigenvalue weighted by atomic mass is 19.1. The summed E-state index contributed by atoms with van der Waals surface area (Å²) >= 11 is 0. The van der Waals surface area contributed by atoms with Crippen molar-refractivity contribution in [3.63, 3.8) is 0 Å². The largest absolute Gasteiger partial charge is 0.306 e. The number of hydrogen-bond acceptors (Lipinski definition) is 2. The van der Waals surface area contributed by atoms with Gasteiger partial charge in [-0.2, -0.15) is 0 Å². The molecule has 1 aliphatic carbocycles. The van der Waals surface area contributed by atoms with Crippen LogP contribution >= 0.6 is 0 Å². The van der Waals surface area contributed by atoms with Gasteiger partial charge < -0.3 is 5.32 Å². The van der Waals surface area contributed by atoms with Gasteiger partial charge in [0.15, 0.2) is 0 Å². The maximum absolute atomic E-state index is 13.8. The summed E-state index contributed by atoms with van der Waals surface area (Å²) in [5, 5.41) is 3.60. The lowest BCUT2D eigenvalue weighted by Crippen LogP contribution is -2.35. The molecule has 0 amide bonds. The predicted molar refractivity (Wildman–Crippen MR) is 75.5 cm³/mol. The Labute approximate surface area is 115 Å². The van der Waals surface area contributed by atoms with Gasteiger partial charge in [0.05, 0.1) is 0 Å². The van der Waals surface area contributed by atoms with E-state index in [0.29, 0.717) is 12.1 Å². The Bertz CT molecular complexity index is 444. The summed E-state index contributed by atoms with van der Waals surface area (Å²) in [6.45, 7) is 5.49. The van der Waals surface area contributed by atoms with Crippen LogP contribution in [0.25, 0.3) is 0 Å². The molecule has 2 fully saturated rings. The average Bonchev–Trinajstić information content (AvgIpc) is 3.15. The van der Waals surface area contributed by atoms with E-state index in [1.165, 1.54) is 19.3 Å². The number of nitrogens with zero attached hydrogens (tertiary/aromatic N) is 1. The lowest BCUT2D eigenvalue weighted by molar-refractivity contribution is 0.254. The van der Waals surface area contributed by atoms with Crippen molar-refractivity contribution in [2.75, 3.05) is 6.54 Å². The van der Waals surface area contributed by atoms with E-state index in [0.717, 1.165) is 18.2 Å². The van der Waals surface area contributed by atoms with Crippen LogP contribution in [0.3, 0.4) is 0 Å². The van der Waals surface area contributed by atoms with Gasteiger partial charge in [-0.3, -0.25) is 4.90 Å². The molecule has 0 aromatic heterocycles. The third kappa shape index (κ3) is 2.82. The van der Waals surface area contributed by atoms with Crippen LogP contribution in [0, 0.1) is 5.82 Å². The van der Waals surface area contributed by atoms with E-state index < -0.39 is 0 Å². The lowest BCUT2D eigenvalue weighted by atomic mass is 10.1. The molecule has 1 saturated heterocycles. The van der Waals surface area contributed by atoms with Crippen molar-refractivity contribution < 1.29 is 4.39 Å². The van der Waals surface area contributed by atoms with Crippen LogP contribution in [0.1, 0.15) is 44.7 Å². The summed E-state index contributed by atoms with van der Waals surface area (Å²) in [5.74, 6) is -0.104. The minimum atomic E-state index is -0.104. The van der Waals surface area contributed by atoms with Crippen molar-refractivity contribution in [2.24, 2.45) is 0 Å². The number of rotatable bonds is 4. The SMILES string of the molecule is CC(NC1CC(C)N(C2CC2)C1)c1ccccc1F. The second kappa shape index (κ2) is 5.22. The molecule has 104 valence electrons. The van der Waals surface area contributed by atoms with E-state index in [2.05, 4.69) is 24.1 Å². The van der Waals surface area contributed by atoms with Crippen molar-refractivity contribution in [2.45, 2.75) is 57.3 Å². The van der Waals surface area contributed by atoms with Crippen LogP contribution in [-0.4, -0.2) is 29.6 Å².